The van der Waals surface area contributed by atoms with Gasteiger partial charge in [0.05, 0.1) is 6.54 Å². The van der Waals surface area contributed by atoms with E-state index in [0.29, 0.717) is 6.07 Å². The lowest BCUT2D eigenvalue weighted by Gasteiger charge is -2.06. The number of amides is 1. The van der Waals surface area contributed by atoms with E-state index in [0.717, 1.165) is 4.68 Å². The maximum absolute atomic E-state index is 13.8. The zero-order valence-corrected chi connectivity index (χ0v) is 14.5. The fourth-order valence-electron chi connectivity index (χ4n) is 2.36. The number of hydrogen-bond donors (Lipinski definition) is 1. The molecule has 1 amide bonds. The number of anilines is 1. The smallest absolute Gasteiger partial charge is 0.304 e. The Hall–Kier alpha value is -2.88. The SMILES string of the molecule is Cn1nc(C(F)(F)F)cc1C(=O)Nc1ccn(Cc2c(F)cccc2Cl)n1. The van der Waals surface area contributed by atoms with E-state index in [1.807, 2.05) is 0 Å². The Bertz CT molecular complexity index is 975. The molecule has 6 nitrogen and oxygen atoms in total. The van der Waals surface area contributed by atoms with Crippen LogP contribution in [0.1, 0.15) is 21.7 Å². The lowest BCUT2D eigenvalue weighted by Crippen LogP contribution is -2.16. The highest BCUT2D eigenvalue weighted by molar-refractivity contribution is 6.31. The van der Waals surface area contributed by atoms with Gasteiger partial charge in [-0.2, -0.15) is 23.4 Å². The third kappa shape index (κ3) is 4.11. The molecule has 0 aliphatic carbocycles. The van der Waals surface area contributed by atoms with Gasteiger partial charge < -0.3 is 5.32 Å². The minimum Gasteiger partial charge on any atom is -0.304 e. The van der Waals surface area contributed by atoms with Gasteiger partial charge in [-0.05, 0) is 12.1 Å². The summed E-state index contributed by atoms with van der Waals surface area (Å²) in [4.78, 5) is 12.2. The van der Waals surface area contributed by atoms with Crippen LogP contribution in [-0.2, 0) is 19.8 Å². The first-order valence-electron chi connectivity index (χ1n) is 7.54. The molecule has 0 saturated carbocycles. The number of rotatable bonds is 4. The maximum Gasteiger partial charge on any atom is 0.435 e. The van der Waals surface area contributed by atoms with Gasteiger partial charge in [-0.15, -0.1) is 0 Å². The summed E-state index contributed by atoms with van der Waals surface area (Å²) in [5.74, 6) is -1.23. The number of benzene rings is 1. The molecule has 2 heterocycles. The molecule has 0 saturated heterocycles. The normalized spacial score (nSPS) is 11.6. The molecule has 3 aromatic rings. The van der Waals surface area contributed by atoms with E-state index in [1.54, 1.807) is 0 Å². The monoisotopic (exact) mass is 401 g/mol. The second-order valence-corrected chi connectivity index (χ2v) is 6.00. The highest BCUT2D eigenvalue weighted by atomic mass is 35.5. The van der Waals surface area contributed by atoms with Crippen LogP contribution in [0.15, 0.2) is 36.5 Å². The summed E-state index contributed by atoms with van der Waals surface area (Å²) < 4.78 is 54.0. The van der Waals surface area contributed by atoms with Gasteiger partial charge in [-0.3, -0.25) is 14.2 Å². The molecule has 0 fully saturated rings. The number of alkyl halides is 3. The molecule has 0 atom stereocenters. The molecule has 3 rings (SSSR count). The van der Waals surface area contributed by atoms with Gasteiger partial charge >= 0.3 is 6.18 Å². The van der Waals surface area contributed by atoms with Crippen LogP contribution >= 0.6 is 11.6 Å². The van der Waals surface area contributed by atoms with Crippen LogP contribution in [-0.4, -0.2) is 25.5 Å². The van der Waals surface area contributed by atoms with Crippen molar-refractivity contribution < 1.29 is 22.4 Å². The van der Waals surface area contributed by atoms with Crippen molar-refractivity contribution >= 4 is 23.3 Å². The maximum atomic E-state index is 13.8. The molecule has 0 spiro atoms. The second-order valence-electron chi connectivity index (χ2n) is 5.59. The lowest BCUT2D eigenvalue weighted by atomic mass is 10.2. The highest BCUT2D eigenvalue weighted by Gasteiger charge is 2.35. The molecule has 27 heavy (non-hydrogen) atoms. The van der Waals surface area contributed by atoms with E-state index in [2.05, 4.69) is 15.5 Å². The summed E-state index contributed by atoms with van der Waals surface area (Å²) in [6.45, 7) is 0.0192. The molecule has 0 bridgehead atoms. The largest absolute Gasteiger partial charge is 0.435 e. The lowest BCUT2D eigenvalue weighted by molar-refractivity contribution is -0.141. The average Bonchev–Trinajstić information content (AvgIpc) is 3.17. The van der Waals surface area contributed by atoms with Gasteiger partial charge in [-0.1, -0.05) is 17.7 Å². The summed E-state index contributed by atoms with van der Waals surface area (Å²) in [6, 6.07) is 6.33. The van der Waals surface area contributed by atoms with E-state index in [-0.39, 0.29) is 28.6 Å². The van der Waals surface area contributed by atoms with Crippen LogP contribution in [0.25, 0.3) is 0 Å². The van der Waals surface area contributed by atoms with Crippen molar-refractivity contribution in [1.82, 2.24) is 19.6 Å². The van der Waals surface area contributed by atoms with Gasteiger partial charge in [0, 0.05) is 36.0 Å². The number of carbonyl (C=O) groups excluding carboxylic acids is 1. The fourth-order valence-corrected chi connectivity index (χ4v) is 2.58. The number of nitrogens with zero attached hydrogens (tertiary/aromatic N) is 4. The van der Waals surface area contributed by atoms with Gasteiger partial charge in [0.25, 0.3) is 5.91 Å². The highest BCUT2D eigenvalue weighted by Crippen LogP contribution is 2.28. The van der Waals surface area contributed by atoms with Crippen LogP contribution < -0.4 is 5.32 Å². The third-order valence-corrected chi connectivity index (χ3v) is 4.02. The Morgan fingerprint density at radius 1 is 1.26 bits per heavy atom. The number of aryl methyl sites for hydroxylation is 1. The van der Waals surface area contributed by atoms with Crippen molar-refractivity contribution in [2.45, 2.75) is 12.7 Å². The fraction of sp³-hybridized carbons (Fsp3) is 0.188. The summed E-state index contributed by atoms with van der Waals surface area (Å²) in [6.07, 6.45) is -3.18. The van der Waals surface area contributed by atoms with E-state index in [9.17, 15) is 22.4 Å². The number of aromatic nitrogens is 4. The first-order valence-corrected chi connectivity index (χ1v) is 7.92. The van der Waals surface area contributed by atoms with Crippen molar-refractivity contribution in [2.24, 2.45) is 7.05 Å². The van der Waals surface area contributed by atoms with E-state index < -0.39 is 23.6 Å². The number of nitrogens with one attached hydrogen (secondary N) is 1. The van der Waals surface area contributed by atoms with Crippen molar-refractivity contribution in [3.05, 3.63) is 64.3 Å². The quantitative estimate of drug-likeness (QED) is 0.677. The molecule has 11 heteroatoms. The molecule has 0 radical (unpaired) electrons. The van der Waals surface area contributed by atoms with Crippen molar-refractivity contribution in [2.75, 3.05) is 5.32 Å². The second kappa shape index (κ2) is 7.03. The minimum absolute atomic E-state index is 0.0192. The third-order valence-electron chi connectivity index (χ3n) is 3.67. The van der Waals surface area contributed by atoms with E-state index >= 15 is 0 Å². The summed E-state index contributed by atoms with van der Waals surface area (Å²) in [5, 5.41) is 9.92. The van der Waals surface area contributed by atoms with Gasteiger partial charge in [0.1, 0.15) is 11.5 Å². The van der Waals surface area contributed by atoms with Crippen LogP contribution in [0.3, 0.4) is 0 Å². The first-order chi connectivity index (χ1) is 12.6. The van der Waals surface area contributed by atoms with Crippen LogP contribution in [0.2, 0.25) is 5.02 Å². The number of carbonyl (C=O) groups is 1. The summed E-state index contributed by atoms with van der Waals surface area (Å²) in [7, 11) is 1.23. The van der Waals surface area contributed by atoms with Gasteiger partial charge in [-0.25, -0.2) is 4.39 Å². The molecule has 0 aliphatic heterocycles. The Kier molecular flexibility index (Phi) is 4.92. The van der Waals surface area contributed by atoms with Gasteiger partial charge in [0.15, 0.2) is 11.5 Å². The van der Waals surface area contributed by atoms with Crippen LogP contribution in [0.4, 0.5) is 23.4 Å². The molecular formula is C16H12ClF4N5O. The Morgan fingerprint density at radius 2 is 2.00 bits per heavy atom. The predicted molar refractivity (Wildman–Crippen MR) is 88.9 cm³/mol. The molecule has 2 aromatic heterocycles. The Balaban J connectivity index is 1.74. The van der Waals surface area contributed by atoms with Crippen LogP contribution in [0, 0.1) is 5.82 Å². The van der Waals surface area contributed by atoms with Crippen molar-refractivity contribution in [3.63, 3.8) is 0 Å². The van der Waals surface area contributed by atoms with Crippen LogP contribution in [0.5, 0.6) is 0 Å². The number of halogens is 5. The zero-order valence-electron chi connectivity index (χ0n) is 13.8. The molecule has 142 valence electrons. The number of hydrogen-bond acceptors (Lipinski definition) is 3. The Labute approximate surface area is 155 Å². The van der Waals surface area contributed by atoms with Crippen molar-refractivity contribution in [3.8, 4) is 0 Å². The first kappa shape index (κ1) is 18.9. The summed E-state index contributed by atoms with van der Waals surface area (Å²) in [5.41, 5.74) is -1.23. The molecule has 1 N–H and O–H groups in total. The van der Waals surface area contributed by atoms with Gasteiger partial charge in [0.2, 0.25) is 0 Å². The van der Waals surface area contributed by atoms with E-state index in [4.69, 9.17) is 11.6 Å². The van der Waals surface area contributed by atoms with E-state index in [1.165, 1.54) is 42.2 Å². The standard InChI is InChI=1S/C16H12ClF4N5O/c1-25-12(7-13(23-25)16(19,20)21)15(27)22-14-5-6-26(24-14)8-9-10(17)3-2-4-11(9)18/h2-7H,8H2,1H3,(H,22,24,27). The molecular weight excluding hydrogens is 390 g/mol. The zero-order chi connectivity index (χ0) is 19.8. The van der Waals surface area contributed by atoms with Crippen molar-refractivity contribution in [1.29, 1.82) is 0 Å². The topological polar surface area (TPSA) is 64.7 Å². The average molecular weight is 402 g/mol. The molecule has 0 aliphatic rings. The predicted octanol–water partition coefficient (Wildman–Crippen LogP) is 3.73. The molecule has 1 aromatic carbocycles. The molecule has 0 unspecified atom stereocenters. The Morgan fingerprint density at radius 3 is 2.63 bits per heavy atom. The summed E-state index contributed by atoms with van der Waals surface area (Å²) >= 11 is 5.95. The minimum atomic E-state index is -4.66.